The quantitative estimate of drug-likeness (QED) is 0.863. The Kier molecular flexibility index (Phi) is 7.23. The zero-order valence-electron chi connectivity index (χ0n) is 14.6. The number of rotatable bonds is 3. The van der Waals surface area contributed by atoms with Crippen molar-refractivity contribution in [3.63, 3.8) is 0 Å². The van der Waals surface area contributed by atoms with Crippen molar-refractivity contribution in [2.75, 3.05) is 45.9 Å². The Labute approximate surface area is 154 Å². The third-order valence-corrected chi connectivity index (χ3v) is 4.71. The first-order valence-corrected chi connectivity index (χ1v) is 8.67. The molecule has 6 nitrogen and oxygen atoms in total. The normalized spacial score (nSPS) is 20.8. The molecular weight excluding hydrogens is 342 g/mol. The van der Waals surface area contributed by atoms with E-state index in [-0.39, 0.29) is 30.3 Å². The highest BCUT2D eigenvalue weighted by atomic mass is 35.5. The van der Waals surface area contributed by atoms with Crippen molar-refractivity contribution in [1.29, 1.82) is 0 Å². The molecule has 1 aromatic carbocycles. The van der Waals surface area contributed by atoms with Crippen molar-refractivity contribution in [2.45, 2.75) is 19.4 Å². The lowest BCUT2D eigenvalue weighted by molar-refractivity contribution is -0.137. The Morgan fingerprint density at radius 2 is 1.76 bits per heavy atom. The number of benzene rings is 1. The molecule has 2 amide bonds. The molecule has 25 heavy (non-hydrogen) atoms. The average Bonchev–Trinajstić information content (AvgIpc) is 2.68. The van der Waals surface area contributed by atoms with Gasteiger partial charge in [-0.2, -0.15) is 0 Å². The molecule has 0 bridgehead atoms. The third kappa shape index (κ3) is 4.71. The molecule has 2 heterocycles. The van der Waals surface area contributed by atoms with Crippen molar-refractivity contribution in [2.24, 2.45) is 0 Å². The van der Waals surface area contributed by atoms with Gasteiger partial charge in [-0.05, 0) is 24.1 Å². The van der Waals surface area contributed by atoms with Gasteiger partial charge in [0, 0.05) is 38.3 Å². The van der Waals surface area contributed by atoms with E-state index >= 15 is 0 Å². The number of aryl methyl sites for hydroxylation is 1. The largest absolute Gasteiger partial charge is 0.378 e. The van der Waals surface area contributed by atoms with Crippen LogP contribution < -0.4 is 5.32 Å². The van der Waals surface area contributed by atoms with Crippen LogP contribution >= 0.6 is 12.4 Å². The Hall–Kier alpha value is -1.63. The number of amides is 2. The van der Waals surface area contributed by atoms with Crippen molar-refractivity contribution in [1.82, 2.24) is 15.1 Å². The molecule has 1 unspecified atom stereocenters. The molecule has 138 valence electrons. The molecule has 0 spiro atoms. The van der Waals surface area contributed by atoms with Crippen LogP contribution in [0.2, 0.25) is 0 Å². The van der Waals surface area contributed by atoms with Gasteiger partial charge in [0.15, 0.2) is 0 Å². The average molecular weight is 368 g/mol. The summed E-state index contributed by atoms with van der Waals surface area (Å²) in [5, 5.41) is 3.19. The van der Waals surface area contributed by atoms with Crippen LogP contribution in [0, 0.1) is 0 Å². The summed E-state index contributed by atoms with van der Waals surface area (Å²) < 4.78 is 5.36. The van der Waals surface area contributed by atoms with E-state index in [1.807, 2.05) is 34.1 Å². The molecule has 2 saturated heterocycles. The van der Waals surface area contributed by atoms with Crippen LogP contribution in [-0.4, -0.2) is 73.6 Å². The first kappa shape index (κ1) is 19.7. The summed E-state index contributed by atoms with van der Waals surface area (Å²) in [6.07, 6.45) is 0.966. The maximum atomic E-state index is 12.6. The summed E-state index contributed by atoms with van der Waals surface area (Å²) in [6.45, 7) is 6.21. The molecule has 0 radical (unpaired) electrons. The van der Waals surface area contributed by atoms with Crippen molar-refractivity contribution in [3.8, 4) is 0 Å². The van der Waals surface area contributed by atoms with Gasteiger partial charge in [-0.3, -0.25) is 9.59 Å². The van der Waals surface area contributed by atoms with Gasteiger partial charge in [0.2, 0.25) is 5.91 Å². The van der Waals surface area contributed by atoms with E-state index in [0.717, 1.165) is 6.42 Å². The van der Waals surface area contributed by atoms with Crippen molar-refractivity contribution >= 4 is 24.2 Å². The first-order chi connectivity index (χ1) is 11.7. The molecule has 1 aromatic rings. The molecule has 3 rings (SSSR count). The topological polar surface area (TPSA) is 61.9 Å². The standard InChI is InChI=1S/C18H25N3O3.ClH/c1-2-14-3-5-15(6-4-14)17(22)20-8-10-21(11-9-20)18(23)16-13-24-12-7-19-16;/h3-6,16,19H,2,7-13H2,1H3;1H. The van der Waals surface area contributed by atoms with Crippen LogP contribution in [0.3, 0.4) is 0 Å². The Morgan fingerprint density at radius 3 is 2.32 bits per heavy atom. The molecule has 2 fully saturated rings. The zero-order valence-corrected chi connectivity index (χ0v) is 15.4. The molecule has 0 aromatic heterocycles. The van der Waals surface area contributed by atoms with Gasteiger partial charge >= 0.3 is 0 Å². The summed E-state index contributed by atoms with van der Waals surface area (Å²) in [6, 6.07) is 7.54. The minimum absolute atomic E-state index is 0. The summed E-state index contributed by atoms with van der Waals surface area (Å²) in [4.78, 5) is 28.7. The number of carbonyl (C=O) groups is 2. The monoisotopic (exact) mass is 367 g/mol. The van der Waals surface area contributed by atoms with E-state index in [2.05, 4.69) is 12.2 Å². The number of hydrogen-bond acceptors (Lipinski definition) is 4. The van der Waals surface area contributed by atoms with Crippen LogP contribution in [0.25, 0.3) is 0 Å². The molecule has 2 aliphatic rings. The van der Waals surface area contributed by atoms with E-state index in [0.29, 0.717) is 51.5 Å². The van der Waals surface area contributed by atoms with Crippen molar-refractivity contribution in [3.05, 3.63) is 35.4 Å². The smallest absolute Gasteiger partial charge is 0.253 e. The van der Waals surface area contributed by atoms with Gasteiger partial charge in [0.1, 0.15) is 6.04 Å². The van der Waals surface area contributed by atoms with Crippen LogP contribution in [0.15, 0.2) is 24.3 Å². The van der Waals surface area contributed by atoms with Gasteiger partial charge < -0.3 is 19.9 Å². The fourth-order valence-electron chi connectivity index (χ4n) is 3.14. The fourth-order valence-corrected chi connectivity index (χ4v) is 3.14. The number of halogens is 1. The summed E-state index contributed by atoms with van der Waals surface area (Å²) >= 11 is 0. The van der Waals surface area contributed by atoms with E-state index in [9.17, 15) is 9.59 Å². The van der Waals surface area contributed by atoms with Crippen LogP contribution in [0.1, 0.15) is 22.8 Å². The maximum Gasteiger partial charge on any atom is 0.253 e. The number of nitrogens with zero attached hydrogens (tertiary/aromatic N) is 2. The Balaban J connectivity index is 0.00000225. The highest BCUT2D eigenvalue weighted by Crippen LogP contribution is 2.12. The molecule has 7 heteroatoms. The van der Waals surface area contributed by atoms with Gasteiger partial charge in [-0.15, -0.1) is 12.4 Å². The third-order valence-electron chi connectivity index (χ3n) is 4.71. The zero-order chi connectivity index (χ0) is 16.9. The van der Waals surface area contributed by atoms with Crippen LogP contribution in [0.4, 0.5) is 0 Å². The van der Waals surface area contributed by atoms with Gasteiger partial charge in [0.05, 0.1) is 13.2 Å². The second-order valence-electron chi connectivity index (χ2n) is 6.25. The number of ether oxygens (including phenoxy) is 1. The van der Waals surface area contributed by atoms with E-state index in [1.165, 1.54) is 5.56 Å². The lowest BCUT2D eigenvalue weighted by Gasteiger charge is -2.37. The molecule has 1 atom stereocenters. The number of hydrogen-bond donors (Lipinski definition) is 1. The highest BCUT2D eigenvalue weighted by molar-refractivity contribution is 5.94. The lowest BCUT2D eigenvalue weighted by atomic mass is 10.1. The molecule has 1 N–H and O–H groups in total. The first-order valence-electron chi connectivity index (χ1n) is 8.67. The second kappa shape index (κ2) is 9.17. The number of carbonyl (C=O) groups excluding carboxylic acids is 2. The van der Waals surface area contributed by atoms with Gasteiger partial charge in [-0.25, -0.2) is 0 Å². The predicted molar refractivity (Wildman–Crippen MR) is 98.2 cm³/mol. The predicted octanol–water partition coefficient (Wildman–Crippen LogP) is 0.944. The SMILES string of the molecule is CCc1ccc(C(=O)N2CCN(C(=O)C3COCCN3)CC2)cc1.Cl. The second-order valence-corrected chi connectivity index (χ2v) is 6.25. The van der Waals surface area contributed by atoms with E-state index in [4.69, 9.17) is 4.74 Å². The highest BCUT2D eigenvalue weighted by Gasteiger charge is 2.30. The Bertz CT molecular complexity index is 580. The number of morpholine rings is 1. The molecule has 2 aliphatic heterocycles. The Morgan fingerprint density at radius 1 is 1.12 bits per heavy atom. The summed E-state index contributed by atoms with van der Waals surface area (Å²) in [5.74, 6) is 0.123. The van der Waals surface area contributed by atoms with Gasteiger partial charge in [-0.1, -0.05) is 19.1 Å². The lowest BCUT2D eigenvalue weighted by Crippen LogP contribution is -2.57. The van der Waals surface area contributed by atoms with Gasteiger partial charge in [0.25, 0.3) is 5.91 Å². The van der Waals surface area contributed by atoms with E-state index < -0.39 is 0 Å². The van der Waals surface area contributed by atoms with E-state index in [1.54, 1.807) is 0 Å². The minimum atomic E-state index is -0.248. The maximum absolute atomic E-state index is 12.6. The minimum Gasteiger partial charge on any atom is -0.378 e. The fraction of sp³-hybridized carbons (Fsp3) is 0.556. The summed E-state index contributed by atoms with van der Waals surface area (Å²) in [5.41, 5.74) is 1.94. The van der Waals surface area contributed by atoms with Crippen LogP contribution in [-0.2, 0) is 16.0 Å². The number of piperazine rings is 1. The molecule has 0 saturated carbocycles. The van der Waals surface area contributed by atoms with Crippen LogP contribution in [0.5, 0.6) is 0 Å². The molecule has 0 aliphatic carbocycles. The van der Waals surface area contributed by atoms with Crippen molar-refractivity contribution < 1.29 is 14.3 Å². The number of nitrogens with one attached hydrogen (secondary N) is 1. The summed E-state index contributed by atoms with van der Waals surface area (Å²) in [7, 11) is 0. The molecular formula is C18H26ClN3O3.